The molecule has 0 aromatic heterocycles. The first kappa shape index (κ1) is 24.0. The van der Waals surface area contributed by atoms with E-state index >= 15 is 0 Å². The number of rotatable bonds is 12. The number of urea groups is 1. The molecule has 0 spiro atoms. The van der Waals surface area contributed by atoms with Crippen LogP contribution in [0.15, 0.2) is 30.3 Å². The molecule has 0 aliphatic heterocycles. The number of hydrogen-bond donors (Lipinski definition) is 4. The van der Waals surface area contributed by atoms with E-state index in [2.05, 4.69) is 48.9 Å². The molecule has 0 saturated carbocycles. The number of carbonyl (C=O) groups excluding carboxylic acids is 1. The molecule has 0 bridgehead atoms. The zero-order chi connectivity index (χ0) is 21.1. The van der Waals surface area contributed by atoms with Crippen molar-refractivity contribution < 1.29 is 14.7 Å². The average molecular weight is 392 g/mol. The van der Waals surface area contributed by atoms with E-state index < -0.39 is 11.9 Å². The third-order valence-corrected chi connectivity index (χ3v) is 4.66. The van der Waals surface area contributed by atoms with E-state index in [1.807, 2.05) is 32.0 Å². The van der Waals surface area contributed by atoms with Crippen molar-refractivity contribution in [3.63, 3.8) is 0 Å². The van der Waals surface area contributed by atoms with Gasteiger partial charge in [-0.25, -0.2) is 4.79 Å². The Balaban J connectivity index is 2.53. The highest BCUT2D eigenvalue weighted by atomic mass is 16.4. The number of nitrogens with one attached hydrogen (secondary N) is 3. The third kappa shape index (κ3) is 9.74. The maximum atomic E-state index is 12.2. The van der Waals surface area contributed by atoms with Crippen LogP contribution in [0.2, 0.25) is 0 Å². The maximum Gasteiger partial charge on any atom is 0.314 e. The standard InChI is InChI=1S/C22H37N3O3/c1-15(2)11-19(21(26)27)13-23-22(28)24-14-20(12-16(3)4)25-17(5)18-9-7-6-8-10-18/h6-10,15-17,19-20,25H,11-14H2,1-5H3,(H,26,27)(H2,23,24,28). The van der Waals surface area contributed by atoms with Gasteiger partial charge in [-0.05, 0) is 37.2 Å². The summed E-state index contributed by atoms with van der Waals surface area (Å²) in [4.78, 5) is 23.5. The minimum atomic E-state index is -0.870. The summed E-state index contributed by atoms with van der Waals surface area (Å²) in [5.41, 5.74) is 1.21. The van der Waals surface area contributed by atoms with Gasteiger partial charge in [0.1, 0.15) is 0 Å². The summed E-state index contributed by atoms with van der Waals surface area (Å²) in [5, 5.41) is 18.5. The third-order valence-electron chi connectivity index (χ3n) is 4.66. The molecule has 6 nitrogen and oxygen atoms in total. The van der Waals surface area contributed by atoms with Crippen LogP contribution < -0.4 is 16.0 Å². The monoisotopic (exact) mass is 391 g/mol. The number of carboxylic acid groups (broad SMARTS) is 1. The number of amides is 2. The van der Waals surface area contributed by atoms with Gasteiger partial charge in [-0.15, -0.1) is 0 Å². The molecule has 1 rings (SSSR count). The summed E-state index contributed by atoms with van der Waals surface area (Å²) in [6.07, 6.45) is 1.48. The van der Waals surface area contributed by atoms with Crippen LogP contribution >= 0.6 is 0 Å². The Hall–Kier alpha value is -2.08. The van der Waals surface area contributed by atoms with Gasteiger partial charge in [-0.2, -0.15) is 0 Å². The van der Waals surface area contributed by atoms with Gasteiger partial charge in [-0.1, -0.05) is 58.0 Å². The minimum absolute atomic E-state index is 0.131. The fourth-order valence-electron chi connectivity index (χ4n) is 3.31. The zero-order valence-electron chi connectivity index (χ0n) is 17.9. The van der Waals surface area contributed by atoms with Gasteiger partial charge < -0.3 is 21.1 Å². The van der Waals surface area contributed by atoms with E-state index in [1.165, 1.54) is 5.56 Å². The second-order valence-electron chi connectivity index (χ2n) is 8.38. The van der Waals surface area contributed by atoms with E-state index in [-0.39, 0.29) is 30.6 Å². The molecular weight excluding hydrogens is 354 g/mol. The van der Waals surface area contributed by atoms with Crippen LogP contribution in [-0.4, -0.2) is 36.2 Å². The quantitative estimate of drug-likeness (QED) is 0.436. The lowest BCUT2D eigenvalue weighted by Crippen LogP contribution is -2.47. The van der Waals surface area contributed by atoms with Gasteiger partial charge in [0, 0.05) is 25.2 Å². The van der Waals surface area contributed by atoms with Crippen molar-refractivity contribution in [2.24, 2.45) is 17.8 Å². The Kier molecular flexibility index (Phi) is 10.6. The summed E-state index contributed by atoms with van der Waals surface area (Å²) in [6.45, 7) is 11.0. The predicted octanol–water partition coefficient (Wildman–Crippen LogP) is 3.80. The smallest absolute Gasteiger partial charge is 0.314 e. The van der Waals surface area contributed by atoms with Gasteiger partial charge in [0.05, 0.1) is 5.92 Å². The van der Waals surface area contributed by atoms with Crippen LogP contribution in [0.4, 0.5) is 4.79 Å². The number of aliphatic carboxylic acids is 1. The van der Waals surface area contributed by atoms with Crippen LogP contribution in [0.5, 0.6) is 0 Å². The van der Waals surface area contributed by atoms with E-state index in [1.54, 1.807) is 0 Å². The molecule has 1 aromatic rings. The van der Waals surface area contributed by atoms with Crippen molar-refractivity contribution in [3.05, 3.63) is 35.9 Å². The molecule has 0 aliphatic carbocycles. The summed E-state index contributed by atoms with van der Waals surface area (Å²) in [5.74, 6) is -0.670. The Morgan fingerprint density at radius 1 is 0.893 bits per heavy atom. The Morgan fingerprint density at radius 2 is 1.46 bits per heavy atom. The molecule has 6 heteroatoms. The zero-order valence-corrected chi connectivity index (χ0v) is 17.9. The Bertz CT molecular complexity index is 590. The lowest BCUT2D eigenvalue weighted by atomic mass is 9.97. The van der Waals surface area contributed by atoms with Crippen molar-refractivity contribution in [2.75, 3.05) is 13.1 Å². The average Bonchev–Trinajstić information content (AvgIpc) is 2.62. The van der Waals surface area contributed by atoms with Crippen LogP contribution in [0.3, 0.4) is 0 Å². The predicted molar refractivity (Wildman–Crippen MR) is 113 cm³/mol. The normalized spacial score (nSPS) is 14.5. The maximum absolute atomic E-state index is 12.2. The highest BCUT2D eigenvalue weighted by Crippen LogP contribution is 2.15. The lowest BCUT2D eigenvalue weighted by Gasteiger charge is -2.26. The van der Waals surface area contributed by atoms with Crippen molar-refractivity contribution in [1.29, 1.82) is 0 Å². The van der Waals surface area contributed by atoms with Crippen LogP contribution in [-0.2, 0) is 4.79 Å². The van der Waals surface area contributed by atoms with Gasteiger partial charge in [-0.3, -0.25) is 4.79 Å². The number of carbonyl (C=O) groups is 2. The van der Waals surface area contributed by atoms with E-state index in [4.69, 9.17) is 0 Å². The van der Waals surface area contributed by atoms with Gasteiger partial charge in [0.25, 0.3) is 0 Å². The first-order chi connectivity index (χ1) is 13.2. The molecule has 158 valence electrons. The van der Waals surface area contributed by atoms with Crippen LogP contribution in [0.25, 0.3) is 0 Å². The minimum Gasteiger partial charge on any atom is -0.481 e. The van der Waals surface area contributed by atoms with E-state index in [0.717, 1.165) is 6.42 Å². The van der Waals surface area contributed by atoms with E-state index in [9.17, 15) is 14.7 Å². The first-order valence-electron chi connectivity index (χ1n) is 10.2. The topological polar surface area (TPSA) is 90.5 Å². The highest BCUT2D eigenvalue weighted by Gasteiger charge is 2.20. The molecule has 0 heterocycles. The number of hydrogen-bond acceptors (Lipinski definition) is 3. The largest absolute Gasteiger partial charge is 0.481 e. The summed E-state index contributed by atoms with van der Waals surface area (Å²) in [7, 11) is 0. The molecule has 28 heavy (non-hydrogen) atoms. The van der Waals surface area contributed by atoms with Crippen molar-refractivity contribution >= 4 is 12.0 Å². The fourth-order valence-corrected chi connectivity index (χ4v) is 3.31. The Morgan fingerprint density at radius 3 is 2.00 bits per heavy atom. The summed E-state index contributed by atoms with van der Waals surface area (Å²) in [6, 6.07) is 10.2. The molecular formula is C22H37N3O3. The van der Waals surface area contributed by atoms with Gasteiger partial charge >= 0.3 is 12.0 Å². The molecule has 0 radical (unpaired) electrons. The summed E-state index contributed by atoms with van der Waals surface area (Å²) < 4.78 is 0. The second-order valence-corrected chi connectivity index (χ2v) is 8.38. The first-order valence-corrected chi connectivity index (χ1v) is 10.2. The molecule has 0 aliphatic rings. The van der Waals surface area contributed by atoms with E-state index in [0.29, 0.717) is 18.9 Å². The molecule has 1 aromatic carbocycles. The highest BCUT2D eigenvalue weighted by molar-refractivity contribution is 5.75. The fraction of sp³-hybridized carbons (Fsp3) is 0.636. The molecule has 2 amide bonds. The van der Waals surface area contributed by atoms with Gasteiger partial charge in [0.2, 0.25) is 0 Å². The Labute approximate surface area is 169 Å². The SMILES string of the molecule is CC(C)CC(CNC(=O)NCC(CC(C)C)C(=O)O)NC(C)c1ccccc1. The molecule has 3 atom stereocenters. The van der Waals surface area contributed by atoms with Gasteiger partial charge in [0.15, 0.2) is 0 Å². The second kappa shape index (κ2) is 12.4. The molecule has 4 N–H and O–H groups in total. The van der Waals surface area contributed by atoms with Crippen molar-refractivity contribution in [1.82, 2.24) is 16.0 Å². The molecule has 0 fully saturated rings. The van der Waals surface area contributed by atoms with Crippen molar-refractivity contribution in [2.45, 2.75) is 59.5 Å². The molecule has 3 unspecified atom stereocenters. The van der Waals surface area contributed by atoms with Crippen LogP contribution in [0, 0.1) is 17.8 Å². The number of benzene rings is 1. The van der Waals surface area contributed by atoms with Crippen LogP contribution in [0.1, 0.15) is 59.1 Å². The summed E-state index contributed by atoms with van der Waals surface area (Å²) >= 11 is 0. The molecule has 0 saturated heterocycles. The lowest BCUT2D eigenvalue weighted by molar-refractivity contribution is -0.142. The van der Waals surface area contributed by atoms with Crippen molar-refractivity contribution in [3.8, 4) is 0 Å². The number of carboxylic acids is 1.